The second-order valence-corrected chi connectivity index (χ2v) is 8.68. The Morgan fingerprint density at radius 1 is 0.946 bits per heavy atom. The van der Waals surface area contributed by atoms with Crippen LogP contribution in [0.1, 0.15) is 54.2 Å². The van der Waals surface area contributed by atoms with Crippen LogP contribution in [0.25, 0.3) is 11.0 Å². The Morgan fingerprint density at radius 2 is 1.68 bits per heavy atom. The normalized spacial score (nSPS) is 11.6. The van der Waals surface area contributed by atoms with Crippen LogP contribution >= 0.6 is 0 Å². The maximum Gasteiger partial charge on any atom is 0.349 e. The third-order valence-electron chi connectivity index (χ3n) is 5.96. The molecule has 190 valence electrons. The molecule has 0 saturated heterocycles. The monoisotopic (exact) mass is 499 g/mol. The van der Waals surface area contributed by atoms with E-state index in [0.717, 1.165) is 17.7 Å². The number of aryl methyl sites for hydroxylation is 1. The van der Waals surface area contributed by atoms with Gasteiger partial charge in [0.25, 0.3) is 5.91 Å². The van der Waals surface area contributed by atoms with Crippen molar-refractivity contribution in [3.8, 4) is 11.5 Å². The highest BCUT2D eigenvalue weighted by Gasteiger charge is 2.17. The van der Waals surface area contributed by atoms with E-state index in [1.165, 1.54) is 17.7 Å². The topological polar surface area (TPSA) is 94.8 Å². The number of hydrogen-bond acceptors (Lipinski definition) is 6. The zero-order chi connectivity index (χ0) is 26.2. The Balaban J connectivity index is 1.32. The fourth-order valence-electron chi connectivity index (χ4n) is 3.82. The van der Waals surface area contributed by atoms with E-state index in [1.807, 2.05) is 61.5 Å². The van der Waals surface area contributed by atoms with Crippen LogP contribution in [0.3, 0.4) is 0 Å². The summed E-state index contributed by atoms with van der Waals surface area (Å²) < 4.78 is 16.4. The van der Waals surface area contributed by atoms with Gasteiger partial charge in [0.1, 0.15) is 22.6 Å². The summed E-state index contributed by atoms with van der Waals surface area (Å²) >= 11 is 0. The van der Waals surface area contributed by atoms with E-state index in [-0.39, 0.29) is 29.4 Å². The number of carbonyl (C=O) groups is 2. The third kappa shape index (κ3) is 6.85. The highest BCUT2D eigenvalue weighted by atomic mass is 16.5. The van der Waals surface area contributed by atoms with Crippen molar-refractivity contribution in [1.29, 1.82) is 0 Å². The molecule has 7 nitrogen and oxygen atoms in total. The van der Waals surface area contributed by atoms with Gasteiger partial charge < -0.3 is 19.2 Å². The van der Waals surface area contributed by atoms with Crippen molar-refractivity contribution in [2.45, 2.75) is 39.2 Å². The van der Waals surface area contributed by atoms with Crippen molar-refractivity contribution >= 4 is 22.8 Å². The van der Waals surface area contributed by atoms with Gasteiger partial charge in [0.2, 0.25) is 0 Å². The number of hydrogen-bond donors (Lipinski definition) is 1. The Bertz CT molecular complexity index is 1430. The standard InChI is InChI=1S/C30H29NO6/c1-3-21-11-14-24(15-12-21)35-17-7-10-28(32)36-25-16-13-23-18-26(30(34)37-27(23)19-25)29(33)31-20(2)22-8-5-4-6-9-22/h4-6,8-9,11-16,18-20H,3,7,10,17H2,1-2H3,(H,31,33). The molecule has 4 aromatic rings. The van der Waals surface area contributed by atoms with Crippen molar-refractivity contribution in [1.82, 2.24) is 5.32 Å². The van der Waals surface area contributed by atoms with Gasteiger partial charge in [-0.15, -0.1) is 0 Å². The molecule has 0 aliphatic rings. The molecule has 1 atom stereocenters. The number of carbonyl (C=O) groups excluding carboxylic acids is 2. The molecule has 0 radical (unpaired) electrons. The molecule has 3 aromatic carbocycles. The Morgan fingerprint density at radius 3 is 2.41 bits per heavy atom. The van der Waals surface area contributed by atoms with Crippen LogP contribution in [0.2, 0.25) is 0 Å². The summed E-state index contributed by atoms with van der Waals surface area (Å²) in [6.45, 7) is 4.32. The van der Waals surface area contributed by atoms with Gasteiger partial charge in [-0.25, -0.2) is 4.79 Å². The number of amides is 1. The lowest BCUT2D eigenvalue weighted by atomic mass is 10.1. The van der Waals surface area contributed by atoms with E-state index in [0.29, 0.717) is 18.4 Å². The lowest BCUT2D eigenvalue weighted by Gasteiger charge is -2.14. The van der Waals surface area contributed by atoms with Crippen molar-refractivity contribution < 1.29 is 23.5 Å². The summed E-state index contributed by atoms with van der Waals surface area (Å²) in [5, 5.41) is 3.36. The van der Waals surface area contributed by atoms with Gasteiger partial charge in [-0.3, -0.25) is 9.59 Å². The molecule has 0 bridgehead atoms. The molecule has 0 aliphatic heterocycles. The van der Waals surface area contributed by atoms with Crippen LogP contribution in [0.15, 0.2) is 88.1 Å². The van der Waals surface area contributed by atoms with Gasteiger partial charge >= 0.3 is 11.6 Å². The largest absolute Gasteiger partial charge is 0.494 e. The summed E-state index contributed by atoms with van der Waals surface area (Å²) in [7, 11) is 0. The van der Waals surface area contributed by atoms with Crippen molar-refractivity contribution in [3.63, 3.8) is 0 Å². The fraction of sp³-hybridized carbons (Fsp3) is 0.233. The number of fused-ring (bicyclic) bond motifs is 1. The lowest BCUT2D eigenvalue weighted by molar-refractivity contribution is -0.134. The molecule has 0 saturated carbocycles. The van der Waals surface area contributed by atoms with Crippen LogP contribution in [-0.4, -0.2) is 18.5 Å². The molecule has 1 heterocycles. The minimum absolute atomic E-state index is 0.0932. The quantitative estimate of drug-likeness (QED) is 0.132. The van der Waals surface area contributed by atoms with E-state index in [4.69, 9.17) is 13.9 Å². The van der Waals surface area contributed by atoms with E-state index < -0.39 is 17.5 Å². The summed E-state index contributed by atoms with van der Waals surface area (Å²) in [6.07, 6.45) is 1.64. The molecular formula is C30H29NO6. The van der Waals surface area contributed by atoms with Gasteiger partial charge in [0, 0.05) is 17.9 Å². The first-order valence-electron chi connectivity index (χ1n) is 12.3. The minimum Gasteiger partial charge on any atom is -0.494 e. The molecule has 0 spiro atoms. The Labute approximate surface area is 215 Å². The molecule has 7 heteroatoms. The minimum atomic E-state index is -0.766. The summed E-state index contributed by atoms with van der Waals surface area (Å²) in [6, 6.07) is 23.2. The highest BCUT2D eigenvalue weighted by Crippen LogP contribution is 2.22. The maximum absolute atomic E-state index is 12.7. The molecule has 0 aliphatic carbocycles. The van der Waals surface area contributed by atoms with E-state index >= 15 is 0 Å². The smallest absolute Gasteiger partial charge is 0.349 e. The van der Waals surface area contributed by atoms with Gasteiger partial charge in [-0.05, 0) is 61.2 Å². The molecular weight excluding hydrogens is 470 g/mol. The van der Waals surface area contributed by atoms with Gasteiger partial charge in [-0.2, -0.15) is 0 Å². The van der Waals surface area contributed by atoms with Crippen molar-refractivity contribution in [2.75, 3.05) is 6.61 Å². The van der Waals surface area contributed by atoms with E-state index in [1.54, 1.807) is 12.1 Å². The van der Waals surface area contributed by atoms with Gasteiger partial charge in [0.15, 0.2) is 0 Å². The van der Waals surface area contributed by atoms with E-state index in [2.05, 4.69) is 12.2 Å². The lowest BCUT2D eigenvalue weighted by Crippen LogP contribution is -2.30. The molecule has 1 aromatic heterocycles. The first-order valence-corrected chi connectivity index (χ1v) is 12.3. The first kappa shape index (κ1) is 25.7. The van der Waals surface area contributed by atoms with Gasteiger partial charge in [0.05, 0.1) is 12.6 Å². The second kappa shape index (κ2) is 12.0. The van der Waals surface area contributed by atoms with Crippen LogP contribution in [0.5, 0.6) is 11.5 Å². The maximum atomic E-state index is 12.7. The average molecular weight is 500 g/mol. The number of benzene rings is 3. The Kier molecular flexibility index (Phi) is 8.36. The second-order valence-electron chi connectivity index (χ2n) is 8.68. The molecule has 4 rings (SSSR count). The van der Waals surface area contributed by atoms with Crippen molar-refractivity contribution in [3.05, 3.63) is 106 Å². The molecule has 37 heavy (non-hydrogen) atoms. The molecule has 1 amide bonds. The predicted molar refractivity (Wildman–Crippen MR) is 141 cm³/mol. The van der Waals surface area contributed by atoms with Crippen molar-refractivity contribution in [2.24, 2.45) is 0 Å². The van der Waals surface area contributed by atoms with Crippen LogP contribution in [0, 0.1) is 0 Å². The number of ether oxygens (including phenoxy) is 2. The SMILES string of the molecule is CCc1ccc(OCCCC(=O)Oc2ccc3cc(C(=O)NC(C)c4ccccc4)c(=O)oc3c2)cc1. The first-order chi connectivity index (χ1) is 17.9. The van der Waals surface area contributed by atoms with Crippen LogP contribution in [-0.2, 0) is 11.2 Å². The zero-order valence-corrected chi connectivity index (χ0v) is 20.9. The molecule has 1 N–H and O–H groups in total. The fourth-order valence-corrected chi connectivity index (χ4v) is 3.82. The number of esters is 1. The summed E-state index contributed by atoms with van der Waals surface area (Å²) in [5.41, 5.74) is 1.52. The van der Waals surface area contributed by atoms with E-state index in [9.17, 15) is 14.4 Å². The van der Waals surface area contributed by atoms with Gasteiger partial charge in [-0.1, -0.05) is 49.4 Å². The molecule has 0 fully saturated rings. The van der Waals surface area contributed by atoms with Crippen LogP contribution < -0.4 is 20.4 Å². The van der Waals surface area contributed by atoms with Crippen LogP contribution in [0.4, 0.5) is 0 Å². The summed E-state index contributed by atoms with van der Waals surface area (Å²) in [5.74, 6) is 0.0767. The summed E-state index contributed by atoms with van der Waals surface area (Å²) in [4.78, 5) is 37.5. The highest BCUT2D eigenvalue weighted by molar-refractivity contribution is 5.97. The molecule has 1 unspecified atom stereocenters. The Hall–Kier alpha value is -4.39. The zero-order valence-electron chi connectivity index (χ0n) is 20.9. The predicted octanol–water partition coefficient (Wildman–Crippen LogP) is 5.61. The number of nitrogens with one attached hydrogen (secondary N) is 1. The average Bonchev–Trinajstić information content (AvgIpc) is 2.91. The third-order valence-corrected chi connectivity index (χ3v) is 5.96. The number of rotatable bonds is 10.